The Labute approximate surface area is 138 Å². The number of nitrogens with two attached hydrogens (primary N) is 1. The van der Waals surface area contributed by atoms with Crippen LogP contribution in [0.15, 0.2) is 23.4 Å². The summed E-state index contributed by atoms with van der Waals surface area (Å²) >= 11 is 11.2. The van der Waals surface area contributed by atoms with Crippen molar-refractivity contribution >= 4 is 35.0 Å². The highest BCUT2D eigenvalue weighted by Gasteiger charge is 2.77. The van der Waals surface area contributed by atoms with Crippen molar-refractivity contribution < 1.29 is 40.4 Å². The molecule has 0 bridgehead atoms. The molecule has 0 saturated heterocycles. The zero-order chi connectivity index (χ0) is 18.9. The summed E-state index contributed by atoms with van der Waals surface area (Å²) in [6.07, 6.45) is -6.69. The Morgan fingerprint density at radius 2 is 1.62 bits per heavy atom. The molecule has 0 saturated carbocycles. The molecule has 0 radical (unpaired) electrons. The van der Waals surface area contributed by atoms with Crippen LogP contribution < -0.4 is 5.73 Å². The Morgan fingerprint density at radius 3 is 2.08 bits per heavy atom. The first-order valence-electron chi connectivity index (χ1n) is 5.54. The van der Waals surface area contributed by atoms with Gasteiger partial charge in [0.25, 0.3) is 0 Å². The van der Waals surface area contributed by atoms with Crippen LogP contribution in [0.1, 0.15) is 5.56 Å². The van der Waals surface area contributed by atoms with Gasteiger partial charge in [0.15, 0.2) is 5.84 Å². The van der Waals surface area contributed by atoms with Crippen molar-refractivity contribution in [2.75, 3.05) is 0 Å². The molecule has 0 aliphatic rings. The first kappa shape index (κ1) is 20.3. The third-order valence-electron chi connectivity index (χ3n) is 2.44. The van der Waals surface area contributed by atoms with E-state index in [2.05, 4.69) is 9.99 Å². The van der Waals surface area contributed by atoms with Gasteiger partial charge in [-0.05, 0) is 18.2 Å². The average Bonchev–Trinajstić information content (AvgIpc) is 2.42. The fourth-order valence-corrected chi connectivity index (χ4v) is 1.71. The van der Waals surface area contributed by atoms with E-state index in [0.717, 1.165) is 12.1 Å². The van der Waals surface area contributed by atoms with Gasteiger partial charge >= 0.3 is 24.0 Å². The van der Waals surface area contributed by atoms with E-state index in [-0.39, 0.29) is 15.6 Å². The van der Waals surface area contributed by atoms with Gasteiger partial charge in [-0.2, -0.15) is 30.7 Å². The molecule has 0 unspecified atom stereocenters. The highest BCUT2D eigenvalue weighted by molar-refractivity contribution is 6.36. The molecule has 0 fully saturated rings. The molecule has 4 nitrogen and oxygen atoms in total. The molecule has 0 aromatic heterocycles. The predicted octanol–water partition coefficient (Wildman–Crippen LogP) is 3.99. The van der Waals surface area contributed by atoms with Crippen LogP contribution in [-0.4, -0.2) is 29.8 Å². The lowest BCUT2D eigenvalue weighted by atomic mass is 10.1. The van der Waals surface area contributed by atoms with Crippen molar-refractivity contribution in [3.63, 3.8) is 0 Å². The molecule has 1 rings (SSSR count). The van der Waals surface area contributed by atoms with E-state index < -0.39 is 29.8 Å². The molecule has 0 aliphatic carbocycles. The van der Waals surface area contributed by atoms with Crippen LogP contribution in [0.4, 0.5) is 30.7 Å². The number of hydrogen-bond acceptors (Lipinski definition) is 3. The SMILES string of the molecule is N/C(=N\OC(=O)C(F)(F)C(F)(F)C(F)(F)F)c1ccc(Cl)cc1Cl. The molecule has 0 amide bonds. The van der Waals surface area contributed by atoms with E-state index in [1.807, 2.05) is 0 Å². The zero-order valence-electron chi connectivity index (χ0n) is 11.0. The van der Waals surface area contributed by atoms with Crippen LogP contribution in [0.5, 0.6) is 0 Å². The highest BCUT2D eigenvalue weighted by Crippen LogP contribution is 2.47. The van der Waals surface area contributed by atoms with E-state index in [1.165, 1.54) is 6.07 Å². The maximum atomic E-state index is 13.0. The number of rotatable bonds is 4. The maximum Gasteiger partial charge on any atom is 0.460 e. The molecule has 24 heavy (non-hydrogen) atoms. The third-order valence-corrected chi connectivity index (χ3v) is 2.99. The van der Waals surface area contributed by atoms with Crippen molar-refractivity contribution in [2.24, 2.45) is 10.9 Å². The summed E-state index contributed by atoms with van der Waals surface area (Å²) in [6, 6.07) is 3.47. The number of halogens is 9. The fourth-order valence-electron chi connectivity index (χ4n) is 1.20. The van der Waals surface area contributed by atoms with Gasteiger partial charge < -0.3 is 10.6 Å². The van der Waals surface area contributed by atoms with Crippen molar-refractivity contribution in [1.82, 2.24) is 0 Å². The number of carbonyl (C=O) groups excluding carboxylic acids is 1. The van der Waals surface area contributed by atoms with Crippen molar-refractivity contribution in [2.45, 2.75) is 18.0 Å². The second kappa shape index (κ2) is 6.63. The lowest BCUT2D eigenvalue weighted by Gasteiger charge is -2.25. The van der Waals surface area contributed by atoms with Gasteiger partial charge in [-0.3, -0.25) is 0 Å². The standard InChI is InChI=1S/C11H5Cl2F7N2O2/c12-4-1-2-5(6(13)3-4)7(21)22-24-8(23)9(14,15)10(16,17)11(18,19)20/h1-3H,(H2,21,22). The molecule has 2 N–H and O–H groups in total. The summed E-state index contributed by atoms with van der Waals surface area (Å²) in [6.45, 7) is 0. The minimum Gasteiger partial charge on any atom is -0.380 e. The van der Waals surface area contributed by atoms with E-state index in [0.29, 0.717) is 0 Å². The van der Waals surface area contributed by atoms with E-state index in [4.69, 9.17) is 28.9 Å². The topological polar surface area (TPSA) is 64.7 Å². The van der Waals surface area contributed by atoms with Crippen LogP contribution in [0.3, 0.4) is 0 Å². The number of carbonyl (C=O) groups is 1. The summed E-state index contributed by atoms with van der Waals surface area (Å²) in [5.74, 6) is -17.0. The maximum absolute atomic E-state index is 13.0. The van der Waals surface area contributed by atoms with Gasteiger partial charge in [-0.25, -0.2) is 4.79 Å². The Hall–Kier alpha value is -1.75. The van der Waals surface area contributed by atoms with Crippen LogP contribution in [-0.2, 0) is 9.63 Å². The minimum absolute atomic E-state index is 0.143. The first-order valence-corrected chi connectivity index (χ1v) is 6.30. The van der Waals surface area contributed by atoms with Crippen molar-refractivity contribution in [3.05, 3.63) is 33.8 Å². The summed E-state index contributed by atoms with van der Waals surface area (Å²) in [5.41, 5.74) is 5.03. The van der Waals surface area contributed by atoms with E-state index in [9.17, 15) is 35.5 Å². The average molecular weight is 401 g/mol. The van der Waals surface area contributed by atoms with Crippen LogP contribution in [0.2, 0.25) is 10.0 Å². The second-order valence-electron chi connectivity index (χ2n) is 4.13. The number of amidine groups is 1. The first-order chi connectivity index (χ1) is 10.7. The summed E-state index contributed by atoms with van der Waals surface area (Å²) in [4.78, 5) is 14.3. The number of nitrogens with zero attached hydrogens (tertiary/aromatic N) is 1. The van der Waals surface area contributed by atoms with Gasteiger partial charge in [0, 0.05) is 10.6 Å². The molecule has 0 heterocycles. The molecular weight excluding hydrogens is 396 g/mol. The molecule has 1 aromatic rings. The Bertz CT molecular complexity index is 677. The van der Waals surface area contributed by atoms with Crippen molar-refractivity contribution in [3.8, 4) is 0 Å². The quantitative estimate of drug-likeness (QED) is 0.273. The van der Waals surface area contributed by atoms with Crippen LogP contribution in [0, 0.1) is 0 Å². The van der Waals surface area contributed by atoms with E-state index >= 15 is 0 Å². The Morgan fingerprint density at radius 1 is 1.08 bits per heavy atom. The van der Waals surface area contributed by atoms with Gasteiger partial charge in [-0.15, -0.1) is 0 Å². The van der Waals surface area contributed by atoms with E-state index in [1.54, 1.807) is 0 Å². The van der Waals surface area contributed by atoms with Crippen LogP contribution in [0.25, 0.3) is 0 Å². The largest absolute Gasteiger partial charge is 0.460 e. The lowest BCUT2D eigenvalue weighted by molar-refractivity contribution is -0.348. The molecule has 0 spiro atoms. The van der Waals surface area contributed by atoms with Gasteiger partial charge in [0.2, 0.25) is 0 Å². The Kier molecular flexibility index (Phi) is 5.61. The number of hydrogen-bond donors (Lipinski definition) is 1. The molecule has 13 heteroatoms. The molecule has 0 atom stereocenters. The van der Waals surface area contributed by atoms with Gasteiger partial charge in [-0.1, -0.05) is 28.4 Å². The summed E-state index contributed by atoms with van der Waals surface area (Å²) < 4.78 is 86.9. The summed E-state index contributed by atoms with van der Waals surface area (Å²) in [5, 5.41) is 2.55. The molecule has 0 aliphatic heterocycles. The molecular formula is C11H5Cl2F7N2O2. The highest BCUT2D eigenvalue weighted by atomic mass is 35.5. The van der Waals surface area contributed by atoms with Gasteiger partial charge in [0.05, 0.1) is 5.02 Å². The predicted molar refractivity (Wildman–Crippen MR) is 69.2 cm³/mol. The smallest absolute Gasteiger partial charge is 0.380 e. The molecule has 134 valence electrons. The number of benzene rings is 1. The minimum atomic E-state index is -6.69. The fraction of sp³-hybridized carbons (Fsp3) is 0.273. The van der Waals surface area contributed by atoms with Gasteiger partial charge in [0.1, 0.15) is 0 Å². The molecule has 1 aromatic carbocycles. The number of alkyl halides is 7. The Balaban J connectivity index is 3.02. The van der Waals surface area contributed by atoms with Crippen molar-refractivity contribution in [1.29, 1.82) is 0 Å². The normalized spacial score (nSPS) is 13.8. The van der Waals surface area contributed by atoms with Crippen LogP contribution >= 0.6 is 23.2 Å². The number of oxime groups is 1. The zero-order valence-corrected chi connectivity index (χ0v) is 12.5. The summed E-state index contributed by atoms with van der Waals surface area (Å²) in [7, 11) is 0. The second-order valence-corrected chi connectivity index (χ2v) is 4.97. The monoisotopic (exact) mass is 400 g/mol. The lowest BCUT2D eigenvalue weighted by Crippen LogP contribution is -2.56. The third kappa shape index (κ3) is 3.83.